The van der Waals surface area contributed by atoms with Gasteiger partial charge in [-0.15, -0.1) is 0 Å². The zero-order valence-electron chi connectivity index (χ0n) is 2.35. The van der Waals surface area contributed by atoms with Gasteiger partial charge in [0.25, 0.3) is 10.8 Å². The largest absolute Gasteiger partial charge is 2.00 e. The van der Waals surface area contributed by atoms with Crippen LogP contribution in [0.1, 0.15) is 0 Å². The van der Waals surface area contributed by atoms with Crippen molar-refractivity contribution < 1.29 is 24.8 Å². The summed E-state index contributed by atoms with van der Waals surface area (Å²) in [6, 6.07) is 0. The molecule has 0 aliphatic carbocycles. The van der Waals surface area contributed by atoms with Crippen LogP contribution in [0.5, 0.6) is 0 Å². The molecule has 0 saturated carbocycles. The minimum Gasteiger partial charge on any atom is -0.321 e. The molecule has 1 N–H and O–H groups in total. The van der Waals surface area contributed by atoms with Crippen molar-refractivity contribution in [3.8, 4) is 0 Å². The first-order valence-corrected chi connectivity index (χ1v) is 1.43. The van der Waals surface area contributed by atoms with Gasteiger partial charge < -0.3 is 9.32 Å². The van der Waals surface area contributed by atoms with Crippen LogP contribution >= 0.6 is 0 Å². The number of rotatable bonds is 0. The number of hydrogen-bond acceptors (Lipinski definition) is 3. The first-order valence-electron chi connectivity index (χ1n) is 0.478. The van der Waals surface area contributed by atoms with E-state index >= 15 is 0 Å². The van der Waals surface area contributed by atoms with Crippen molar-refractivity contribution in [2.75, 3.05) is 0 Å². The molecule has 0 aromatic rings. The maximum Gasteiger partial charge on any atom is 2.00 e. The minimum atomic E-state index is -2.60. The van der Waals surface area contributed by atoms with Crippen LogP contribution < -0.4 is 9.32 Å². The Hall–Kier alpha value is 1.43. The molecule has 0 aromatic heterocycles. The summed E-state index contributed by atoms with van der Waals surface area (Å²) in [6.45, 7) is 0. The Balaban J connectivity index is 0. The molecule has 0 radical (unpaired) electrons. The van der Waals surface area contributed by atoms with Crippen LogP contribution in [0.3, 0.4) is 0 Å². The quantitative estimate of drug-likeness (QED) is 0.344. The Morgan fingerprint density at radius 2 is 1.40 bits per heavy atom. The van der Waals surface area contributed by atoms with Gasteiger partial charge >= 0.3 is 37.7 Å². The van der Waals surface area contributed by atoms with E-state index in [4.69, 9.17) is 14.0 Å². The molecule has 0 bridgehead atoms. The predicted molar refractivity (Wildman–Crippen MR) is 7.97 cm³/mol. The Kier molecular flexibility index (Phi) is 10.5. The van der Waals surface area contributed by atoms with Gasteiger partial charge in [-0.25, -0.2) is 0 Å². The topological polar surface area (TPSA) is 66.3 Å². The third-order valence-corrected chi connectivity index (χ3v) is 0. The van der Waals surface area contributed by atoms with Crippen LogP contribution in [-0.2, 0) is 0 Å². The van der Waals surface area contributed by atoms with Crippen molar-refractivity contribution >= 4 is 37.7 Å². The molecule has 0 saturated heterocycles. The van der Waals surface area contributed by atoms with Crippen LogP contribution in [0.2, 0.25) is 0 Å². The second kappa shape index (κ2) is 5.43. The molecule has 0 aliphatic rings. The van der Waals surface area contributed by atoms with Gasteiger partial charge in [0.05, 0.1) is 0 Å². The molecule has 0 unspecified atom stereocenters. The van der Waals surface area contributed by atoms with Gasteiger partial charge in [-0.05, 0) is 0 Å². The van der Waals surface area contributed by atoms with Crippen LogP contribution in [0.25, 0.3) is 0 Å². The summed E-state index contributed by atoms with van der Waals surface area (Å²) in [5.74, 6) is 0. The molecule has 0 aromatic carbocycles. The van der Waals surface area contributed by atoms with Crippen molar-refractivity contribution in [2.45, 2.75) is 0 Å². The van der Waals surface area contributed by atoms with Crippen LogP contribution in [0.4, 0.5) is 0 Å². The van der Waals surface area contributed by atoms with Crippen LogP contribution in [0.15, 0.2) is 0 Å². The van der Waals surface area contributed by atoms with Crippen molar-refractivity contribution in [3.63, 3.8) is 0 Å². The normalized spacial score (nSPS) is 7.20. The van der Waals surface area contributed by atoms with E-state index in [1.165, 1.54) is 0 Å². The summed E-state index contributed by atoms with van der Waals surface area (Å²) >= 11 is 0. The standard InChI is InChI=1S/Ca.ClHO3/c;2-1(3)4/h;2H/q+2;. The second-order valence-corrected chi connectivity index (χ2v) is 0.603. The van der Waals surface area contributed by atoms with E-state index in [-0.39, 0.29) is 37.7 Å². The Bertz CT molecular complexity index is 11.6. The van der Waals surface area contributed by atoms with Crippen molar-refractivity contribution in [2.24, 2.45) is 0 Å². The number of halogens is 1. The molecular formula is HCaClO3+2. The molecule has 0 aliphatic heterocycles. The fourth-order valence-electron chi connectivity index (χ4n) is 0. The SMILES string of the molecule is [Ca+2].[O-][Cl+2]([O-])O. The van der Waals surface area contributed by atoms with E-state index in [0.29, 0.717) is 0 Å². The van der Waals surface area contributed by atoms with Gasteiger partial charge in [0.1, 0.15) is 0 Å². The molecule has 5 heavy (non-hydrogen) atoms. The minimum absolute atomic E-state index is 0. The van der Waals surface area contributed by atoms with Gasteiger partial charge in [0.2, 0.25) is 0 Å². The van der Waals surface area contributed by atoms with Gasteiger partial charge in [0.15, 0.2) is 0 Å². The fraction of sp³-hybridized carbons (Fsp3) is 0. The smallest absolute Gasteiger partial charge is 0.321 e. The molecule has 0 spiro atoms. The van der Waals surface area contributed by atoms with Crippen LogP contribution in [-0.4, -0.2) is 42.4 Å². The van der Waals surface area contributed by atoms with Crippen molar-refractivity contribution in [3.05, 3.63) is 0 Å². The monoisotopic (exact) mass is 124 g/mol. The Labute approximate surface area is 62.0 Å². The van der Waals surface area contributed by atoms with E-state index < -0.39 is 10.8 Å². The fourth-order valence-corrected chi connectivity index (χ4v) is 0. The Morgan fingerprint density at radius 3 is 1.40 bits per heavy atom. The molecule has 0 amide bonds. The van der Waals surface area contributed by atoms with Gasteiger partial charge in [-0.2, -0.15) is 0 Å². The molecular weight excluding hydrogens is 124 g/mol. The third kappa shape index (κ3) is 31.2. The summed E-state index contributed by atoms with van der Waals surface area (Å²) in [6.07, 6.45) is 0. The summed E-state index contributed by atoms with van der Waals surface area (Å²) in [5.41, 5.74) is 0. The van der Waals surface area contributed by atoms with E-state index in [2.05, 4.69) is 0 Å². The van der Waals surface area contributed by atoms with Gasteiger partial charge in [-0.3, -0.25) is 0 Å². The van der Waals surface area contributed by atoms with E-state index in [0.717, 1.165) is 0 Å². The second-order valence-electron chi connectivity index (χ2n) is 0.201. The predicted octanol–water partition coefficient (Wildman–Crippen LogP) is -3.32. The zero-order valence-corrected chi connectivity index (χ0v) is 5.31. The zero-order chi connectivity index (χ0) is 3.58. The van der Waals surface area contributed by atoms with Crippen molar-refractivity contribution in [1.82, 2.24) is 0 Å². The van der Waals surface area contributed by atoms with E-state index in [9.17, 15) is 0 Å². The van der Waals surface area contributed by atoms with E-state index in [1.54, 1.807) is 0 Å². The summed E-state index contributed by atoms with van der Waals surface area (Å²) < 4.78 is 24.0. The molecule has 3 nitrogen and oxygen atoms in total. The number of hydrogen-bond donors (Lipinski definition) is 1. The van der Waals surface area contributed by atoms with Gasteiger partial charge in [0, 0.05) is 4.66 Å². The molecule has 0 atom stereocenters. The van der Waals surface area contributed by atoms with Gasteiger partial charge in [-0.1, -0.05) is 0 Å². The molecule has 0 rings (SSSR count). The maximum absolute atomic E-state index is 8.52. The summed E-state index contributed by atoms with van der Waals surface area (Å²) in [5, 5.41) is 0. The first kappa shape index (κ1) is 9.66. The molecule has 5 heteroatoms. The Morgan fingerprint density at radius 1 is 1.40 bits per heavy atom. The van der Waals surface area contributed by atoms with Crippen LogP contribution in [0, 0.1) is 10.8 Å². The first-order chi connectivity index (χ1) is 1.73. The third-order valence-electron chi connectivity index (χ3n) is 0. The molecule has 0 heterocycles. The summed E-state index contributed by atoms with van der Waals surface area (Å²) in [7, 11) is -2.60. The average Bonchev–Trinajstić information content (AvgIpc) is 0.811. The summed E-state index contributed by atoms with van der Waals surface area (Å²) in [4.78, 5) is 0. The molecule has 26 valence electrons. The van der Waals surface area contributed by atoms with E-state index in [1.807, 2.05) is 0 Å². The molecule has 0 fully saturated rings. The van der Waals surface area contributed by atoms with Crippen molar-refractivity contribution in [1.29, 1.82) is 0 Å². The average molecular weight is 125 g/mol. The maximum atomic E-state index is 8.52.